The number of anilines is 2. The van der Waals surface area contributed by atoms with Crippen molar-refractivity contribution in [3.63, 3.8) is 0 Å². The number of nitrogens with zero attached hydrogens (tertiary/aromatic N) is 4. The molecule has 0 saturated carbocycles. The Morgan fingerprint density at radius 1 is 0.974 bits per heavy atom. The lowest BCUT2D eigenvalue weighted by Gasteiger charge is -2.31. The van der Waals surface area contributed by atoms with Crippen LogP contribution in [0.15, 0.2) is 91.3 Å². The summed E-state index contributed by atoms with van der Waals surface area (Å²) in [5.74, 6) is -0.373. The number of rotatable bonds is 6. The number of esters is 1. The molecule has 0 radical (unpaired) electrons. The number of methoxy groups -OCH3 is 1. The highest BCUT2D eigenvalue weighted by atomic mass is 32.1. The summed E-state index contributed by atoms with van der Waals surface area (Å²) >= 11 is 5.93. The van der Waals surface area contributed by atoms with E-state index in [1.807, 2.05) is 48.7 Å². The first-order valence-corrected chi connectivity index (χ1v) is 13.3. The van der Waals surface area contributed by atoms with Crippen molar-refractivity contribution in [3.05, 3.63) is 108 Å². The van der Waals surface area contributed by atoms with Crippen molar-refractivity contribution in [3.8, 4) is 5.69 Å². The number of pyridine rings is 1. The van der Waals surface area contributed by atoms with Gasteiger partial charge >= 0.3 is 5.97 Å². The molecule has 2 atom stereocenters. The van der Waals surface area contributed by atoms with Crippen LogP contribution in [0.2, 0.25) is 0 Å². The van der Waals surface area contributed by atoms with E-state index in [2.05, 4.69) is 55.0 Å². The molecule has 6 rings (SSSR count). The van der Waals surface area contributed by atoms with Gasteiger partial charge in [0.1, 0.15) is 6.04 Å². The van der Waals surface area contributed by atoms with Crippen LogP contribution in [0.25, 0.3) is 5.69 Å². The van der Waals surface area contributed by atoms with Gasteiger partial charge in [0.15, 0.2) is 5.11 Å². The molecule has 4 heterocycles. The SMILES string of the molecule is COC(=O)c1cccc(-n2cccc2[C@@H]2[C@H](c3ccccn3)NC(=S)N2c2ccc(N3CCOCC3)cc2)c1. The number of ether oxygens (including phenoxy) is 2. The summed E-state index contributed by atoms with van der Waals surface area (Å²) in [7, 11) is 1.39. The number of morpholine rings is 1. The molecular weight excluding hydrogens is 510 g/mol. The van der Waals surface area contributed by atoms with Crippen molar-refractivity contribution in [2.45, 2.75) is 12.1 Å². The van der Waals surface area contributed by atoms with Gasteiger partial charge < -0.3 is 29.2 Å². The first-order valence-electron chi connectivity index (χ1n) is 12.9. The van der Waals surface area contributed by atoms with Gasteiger partial charge in [0, 0.05) is 48.2 Å². The van der Waals surface area contributed by atoms with Crippen LogP contribution in [0, 0.1) is 0 Å². The standard InChI is InChI=1S/C30H29N5O3S/c1-37-29(36)21-6-4-7-24(20-21)34-15-5-9-26(34)28-27(25-8-2-3-14-31-25)32-30(39)35(28)23-12-10-22(11-13-23)33-16-18-38-19-17-33/h2-15,20,27-28H,16-19H2,1H3,(H,32,39)/t27-,28+/m0/s1. The molecule has 0 bridgehead atoms. The quantitative estimate of drug-likeness (QED) is 0.280. The molecule has 8 nitrogen and oxygen atoms in total. The Morgan fingerprint density at radius 2 is 1.77 bits per heavy atom. The van der Waals surface area contributed by atoms with E-state index in [1.165, 1.54) is 12.8 Å². The average molecular weight is 540 g/mol. The summed E-state index contributed by atoms with van der Waals surface area (Å²) in [5.41, 5.74) is 5.42. The zero-order valence-electron chi connectivity index (χ0n) is 21.6. The number of thiocarbonyl (C=S) groups is 1. The number of carbonyl (C=O) groups is 1. The first kappa shape index (κ1) is 25.1. The van der Waals surface area contributed by atoms with Gasteiger partial charge in [0.05, 0.1) is 37.6 Å². The smallest absolute Gasteiger partial charge is 0.337 e. The fraction of sp³-hybridized carbons (Fsp3) is 0.233. The maximum atomic E-state index is 12.2. The molecule has 0 unspecified atom stereocenters. The zero-order chi connectivity index (χ0) is 26.8. The maximum Gasteiger partial charge on any atom is 0.337 e. The fourth-order valence-electron chi connectivity index (χ4n) is 5.35. The molecule has 198 valence electrons. The third kappa shape index (κ3) is 4.86. The highest BCUT2D eigenvalue weighted by molar-refractivity contribution is 7.80. The Labute approximate surface area is 232 Å². The van der Waals surface area contributed by atoms with Crippen molar-refractivity contribution in [1.82, 2.24) is 14.9 Å². The van der Waals surface area contributed by atoms with Crippen LogP contribution in [-0.2, 0) is 9.47 Å². The summed E-state index contributed by atoms with van der Waals surface area (Å²) in [6, 6.07) is 25.6. The van der Waals surface area contributed by atoms with Crippen molar-refractivity contribution in [1.29, 1.82) is 0 Å². The van der Waals surface area contributed by atoms with Crippen LogP contribution in [0.5, 0.6) is 0 Å². The topological polar surface area (TPSA) is 71.9 Å². The number of aromatic nitrogens is 2. The Balaban J connectivity index is 1.42. The van der Waals surface area contributed by atoms with E-state index < -0.39 is 0 Å². The van der Waals surface area contributed by atoms with E-state index in [0.717, 1.165) is 49.1 Å². The van der Waals surface area contributed by atoms with Gasteiger partial charge in [-0.25, -0.2) is 4.79 Å². The molecule has 2 aromatic carbocycles. The highest BCUT2D eigenvalue weighted by Crippen LogP contribution is 2.42. The molecule has 9 heteroatoms. The van der Waals surface area contributed by atoms with E-state index in [0.29, 0.717) is 10.7 Å². The molecule has 2 aliphatic rings. The lowest BCUT2D eigenvalue weighted by Crippen LogP contribution is -2.36. The molecule has 39 heavy (non-hydrogen) atoms. The van der Waals surface area contributed by atoms with Gasteiger partial charge in [-0.15, -0.1) is 0 Å². The summed E-state index contributed by atoms with van der Waals surface area (Å²) < 4.78 is 12.6. The Hall–Kier alpha value is -4.21. The molecule has 4 aromatic rings. The molecule has 2 saturated heterocycles. The molecule has 0 spiro atoms. The highest BCUT2D eigenvalue weighted by Gasteiger charge is 2.42. The van der Waals surface area contributed by atoms with Gasteiger partial charge in [0.25, 0.3) is 0 Å². The monoisotopic (exact) mass is 539 g/mol. The van der Waals surface area contributed by atoms with Crippen molar-refractivity contribution >= 4 is 34.7 Å². The van der Waals surface area contributed by atoms with Crippen LogP contribution in [0.1, 0.15) is 33.8 Å². The normalized spacial score (nSPS) is 19.2. The summed E-state index contributed by atoms with van der Waals surface area (Å²) in [4.78, 5) is 21.4. The molecule has 2 aromatic heterocycles. The molecule has 2 aliphatic heterocycles. The lowest BCUT2D eigenvalue weighted by molar-refractivity contribution is 0.0600. The molecule has 0 amide bonds. The number of benzene rings is 2. The van der Waals surface area contributed by atoms with Gasteiger partial charge in [-0.3, -0.25) is 4.98 Å². The molecule has 2 fully saturated rings. The van der Waals surface area contributed by atoms with Crippen molar-refractivity contribution < 1.29 is 14.3 Å². The second-order valence-electron chi connectivity index (χ2n) is 9.46. The molecule has 0 aliphatic carbocycles. The minimum Gasteiger partial charge on any atom is -0.465 e. The van der Waals surface area contributed by atoms with Crippen LogP contribution in [0.4, 0.5) is 11.4 Å². The number of carbonyl (C=O) groups excluding carboxylic acids is 1. The van der Waals surface area contributed by atoms with Crippen molar-refractivity contribution in [2.24, 2.45) is 0 Å². The van der Waals surface area contributed by atoms with Crippen LogP contribution >= 0.6 is 12.2 Å². The first-order chi connectivity index (χ1) is 19.1. The number of nitrogens with one attached hydrogen (secondary N) is 1. The van der Waals surface area contributed by atoms with Crippen LogP contribution in [0.3, 0.4) is 0 Å². The summed E-state index contributed by atoms with van der Waals surface area (Å²) in [6.07, 6.45) is 3.80. The minimum absolute atomic E-state index is 0.185. The Morgan fingerprint density at radius 3 is 2.51 bits per heavy atom. The fourth-order valence-corrected chi connectivity index (χ4v) is 5.70. The van der Waals surface area contributed by atoms with E-state index >= 15 is 0 Å². The summed E-state index contributed by atoms with van der Waals surface area (Å²) in [6.45, 7) is 3.24. The summed E-state index contributed by atoms with van der Waals surface area (Å²) in [5, 5.41) is 4.16. The maximum absolute atomic E-state index is 12.2. The largest absolute Gasteiger partial charge is 0.465 e. The Kier molecular flexibility index (Phi) is 7.00. The number of hydrogen-bond acceptors (Lipinski definition) is 6. The van der Waals surface area contributed by atoms with Gasteiger partial charge in [-0.05, 0) is 78.9 Å². The predicted molar refractivity (Wildman–Crippen MR) is 155 cm³/mol. The van der Waals surface area contributed by atoms with E-state index in [9.17, 15) is 4.79 Å². The van der Waals surface area contributed by atoms with Crippen molar-refractivity contribution in [2.75, 3.05) is 43.2 Å². The third-order valence-electron chi connectivity index (χ3n) is 7.23. The average Bonchev–Trinajstić information content (AvgIpc) is 3.62. The molecular formula is C30H29N5O3S. The molecule has 1 N–H and O–H groups in total. The van der Waals surface area contributed by atoms with Crippen LogP contribution in [-0.4, -0.2) is 54.0 Å². The Bertz CT molecular complexity index is 1470. The van der Waals surface area contributed by atoms with Gasteiger partial charge in [0.2, 0.25) is 0 Å². The zero-order valence-corrected chi connectivity index (χ0v) is 22.4. The second kappa shape index (κ2) is 10.9. The third-order valence-corrected chi connectivity index (χ3v) is 7.55. The second-order valence-corrected chi connectivity index (χ2v) is 9.84. The van der Waals surface area contributed by atoms with E-state index in [-0.39, 0.29) is 18.1 Å². The van der Waals surface area contributed by atoms with Gasteiger partial charge in [-0.1, -0.05) is 12.1 Å². The van der Waals surface area contributed by atoms with E-state index in [1.54, 1.807) is 12.3 Å². The van der Waals surface area contributed by atoms with E-state index in [4.69, 9.17) is 21.7 Å². The lowest BCUT2D eigenvalue weighted by atomic mass is 10.0. The predicted octanol–water partition coefficient (Wildman–Crippen LogP) is 4.67. The number of hydrogen-bond donors (Lipinski definition) is 1. The minimum atomic E-state index is -0.373. The van der Waals surface area contributed by atoms with Gasteiger partial charge in [-0.2, -0.15) is 0 Å². The van der Waals surface area contributed by atoms with Crippen LogP contribution < -0.4 is 15.1 Å².